The first-order chi connectivity index (χ1) is 11.2. The van der Waals surface area contributed by atoms with Crippen molar-refractivity contribution in [3.8, 4) is 0 Å². The highest BCUT2D eigenvalue weighted by Crippen LogP contribution is 2.21. The second-order valence-electron chi connectivity index (χ2n) is 5.45. The van der Waals surface area contributed by atoms with Gasteiger partial charge in [0, 0.05) is 32.7 Å². The molecule has 0 amide bonds. The van der Waals surface area contributed by atoms with Gasteiger partial charge in [0.15, 0.2) is 0 Å². The first kappa shape index (κ1) is 16.4. The lowest BCUT2D eigenvalue weighted by Gasteiger charge is -2.33. The Hall–Kier alpha value is -1.47. The topological polar surface area (TPSA) is 40.6 Å². The molecule has 0 N–H and O–H groups in total. The van der Waals surface area contributed by atoms with Crippen molar-refractivity contribution in [2.24, 2.45) is 0 Å². The van der Waals surface area contributed by atoms with Crippen LogP contribution in [0.25, 0.3) is 6.08 Å². The molecule has 1 aliphatic rings. The predicted molar refractivity (Wildman–Crippen MR) is 95.0 cm³/mol. The van der Waals surface area contributed by atoms with Crippen molar-refractivity contribution >= 4 is 27.4 Å². The standard InChI is InChI=1S/C17H20N2O2S2/c20-23(21,17-9-5-15-22-17)19-13-11-18(12-14-19)10-4-8-16-6-2-1-3-7-16/h1-9,15H,10-14H2/b8-4-. The van der Waals surface area contributed by atoms with Gasteiger partial charge in [0.1, 0.15) is 4.21 Å². The lowest BCUT2D eigenvalue weighted by Crippen LogP contribution is -2.48. The van der Waals surface area contributed by atoms with Crippen molar-refractivity contribution < 1.29 is 8.42 Å². The molecular formula is C17H20N2O2S2. The van der Waals surface area contributed by atoms with Crippen LogP contribution in [-0.4, -0.2) is 50.3 Å². The second-order valence-corrected chi connectivity index (χ2v) is 8.56. The van der Waals surface area contributed by atoms with Crippen LogP contribution in [0.5, 0.6) is 0 Å². The zero-order chi connectivity index (χ0) is 16.1. The molecule has 4 nitrogen and oxygen atoms in total. The minimum absolute atomic E-state index is 0.440. The van der Waals surface area contributed by atoms with E-state index in [0.717, 1.165) is 19.6 Å². The highest BCUT2D eigenvalue weighted by atomic mass is 32.2. The fraction of sp³-hybridized carbons (Fsp3) is 0.294. The molecule has 2 aromatic rings. The average molecular weight is 348 g/mol. The molecule has 3 rings (SSSR count). The number of nitrogens with zero attached hydrogens (tertiary/aromatic N) is 2. The normalized spacial score (nSPS) is 17.7. The van der Waals surface area contributed by atoms with E-state index in [4.69, 9.17) is 0 Å². The Kier molecular flexibility index (Phi) is 5.27. The lowest BCUT2D eigenvalue weighted by atomic mass is 10.2. The van der Waals surface area contributed by atoms with Crippen molar-refractivity contribution in [3.63, 3.8) is 0 Å². The number of thiophene rings is 1. The van der Waals surface area contributed by atoms with E-state index in [9.17, 15) is 8.42 Å². The summed E-state index contributed by atoms with van der Waals surface area (Å²) in [5.41, 5.74) is 1.19. The van der Waals surface area contributed by atoms with Gasteiger partial charge in [0.2, 0.25) is 0 Å². The second kappa shape index (κ2) is 7.40. The van der Waals surface area contributed by atoms with Gasteiger partial charge in [0.05, 0.1) is 0 Å². The molecule has 0 radical (unpaired) electrons. The molecule has 1 fully saturated rings. The summed E-state index contributed by atoms with van der Waals surface area (Å²) in [6.07, 6.45) is 4.24. The molecule has 1 aromatic carbocycles. The van der Waals surface area contributed by atoms with Gasteiger partial charge < -0.3 is 0 Å². The summed E-state index contributed by atoms with van der Waals surface area (Å²) in [4.78, 5) is 2.28. The van der Waals surface area contributed by atoms with E-state index in [0.29, 0.717) is 17.3 Å². The summed E-state index contributed by atoms with van der Waals surface area (Å²) in [5, 5.41) is 1.80. The minimum atomic E-state index is -3.30. The van der Waals surface area contributed by atoms with Crippen LogP contribution in [0.2, 0.25) is 0 Å². The van der Waals surface area contributed by atoms with Crippen molar-refractivity contribution in [3.05, 3.63) is 59.5 Å². The maximum Gasteiger partial charge on any atom is 0.252 e. The summed E-state index contributed by atoms with van der Waals surface area (Å²) >= 11 is 1.28. The van der Waals surface area contributed by atoms with E-state index in [1.54, 1.807) is 21.8 Å². The number of benzene rings is 1. The molecule has 0 spiro atoms. The minimum Gasteiger partial charge on any atom is -0.297 e. The number of piperazine rings is 1. The van der Waals surface area contributed by atoms with E-state index in [1.807, 2.05) is 18.2 Å². The molecule has 0 atom stereocenters. The van der Waals surface area contributed by atoms with Crippen LogP contribution in [0.1, 0.15) is 5.56 Å². The van der Waals surface area contributed by atoms with Crippen molar-refractivity contribution in [2.75, 3.05) is 32.7 Å². The molecule has 0 bridgehead atoms. The Balaban J connectivity index is 1.52. The largest absolute Gasteiger partial charge is 0.297 e. The first-order valence-electron chi connectivity index (χ1n) is 7.64. The third-order valence-corrected chi connectivity index (χ3v) is 7.17. The summed E-state index contributed by atoms with van der Waals surface area (Å²) in [5.74, 6) is 0. The Morgan fingerprint density at radius 1 is 1.00 bits per heavy atom. The molecule has 0 saturated carbocycles. The maximum absolute atomic E-state index is 12.5. The highest BCUT2D eigenvalue weighted by molar-refractivity contribution is 7.91. The van der Waals surface area contributed by atoms with E-state index in [1.165, 1.54) is 16.9 Å². The number of rotatable bonds is 5. The van der Waals surface area contributed by atoms with Gasteiger partial charge in [-0.3, -0.25) is 4.90 Å². The monoisotopic (exact) mass is 348 g/mol. The maximum atomic E-state index is 12.5. The van der Waals surface area contributed by atoms with Crippen molar-refractivity contribution in [1.29, 1.82) is 0 Å². The van der Waals surface area contributed by atoms with Gasteiger partial charge in [0.25, 0.3) is 10.0 Å². The molecule has 0 aliphatic carbocycles. The zero-order valence-electron chi connectivity index (χ0n) is 12.8. The Morgan fingerprint density at radius 3 is 2.39 bits per heavy atom. The fourth-order valence-electron chi connectivity index (χ4n) is 2.59. The smallest absolute Gasteiger partial charge is 0.252 e. The fourth-order valence-corrected chi connectivity index (χ4v) is 5.16. The number of sulfonamides is 1. The van der Waals surface area contributed by atoms with Gasteiger partial charge >= 0.3 is 0 Å². The van der Waals surface area contributed by atoms with Crippen molar-refractivity contribution in [2.45, 2.75) is 4.21 Å². The third kappa shape index (κ3) is 4.09. The Labute approximate surface area is 141 Å². The van der Waals surface area contributed by atoms with Gasteiger partial charge in [-0.15, -0.1) is 11.3 Å². The molecule has 6 heteroatoms. The third-order valence-electron chi connectivity index (χ3n) is 3.89. The van der Waals surface area contributed by atoms with Crippen LogP contribution in [0, 0.1) is 0 Å². The first-order valence-corrected chi connectivity index (χ1v) is 9.96. The van der Waals surface area contributed by atoms with Gasteiger partial charge in [-0.2, -0.15) is 4.31 Å². The van der Waals surface area contributed by atoms with Gasteiger partial charge in [-0.25, -0.2) is 8.42 Å². The van der Waals surface area contributed by atoms with Crippen LogP contribution in [-0.2, 0) is 10.0 Å². The SMILES string of the molecule is O=S(=O)(c1cccs1)N1CCN(C/C=C\c2ccccc2)CC1. The van der Waals surface area contributed by atoms with E-state index in [2.05, 4.69) is 29.2 Å². The number of hydrogen-bond donors (Lipinski definition) is 0. The Morgan fingerprint density at radius 2 is 1.74 bits per heavy atom. The zero-order valence-corrected chi connectivity index (χ0v) is 14.5. The van der Waals surface area contributed by atoms with Gasteiger partial charge in [-0.05, 0) is 17.0 Å². The predicted octanol–water partition coefficient (Wildman–Crippen LogP) is 2.77. The van der Waals surface area contributed by atoms with E-state index >= 15 is 0 Å². The summed E-state index contributed by atoms with van der Waals surface area (Å²) in [6.45, 7) is 3.49. The summed E-state index contributed by atoms with van der Waals surface area (Å²) in [6, 6.07) is 13.6. The van der Waals surface area contributed by atoms with E-state index < -0.39 is 10.0 Å². The summed E-state index contributed by atoms with van der Waals surface area (Å²) in [7, 11) is -3.30. The van der Waals surface area contributed by atoms with E-state index in [-0.39, 0.29) is 0 Å². The molecule has 0 unspecified atom stereocenters. The Bertz CT molecular complexity index is 732. The van der Waals surface area contributed by atoms with Crippen LogP contribution >= 0.6 is 11.3 Å². The average Bonchev–Trinajstić information content (AvgIpc) is 3.12. The highest BCUT2D eigenvalue weighted by Gasteiger charge is 2.28. The van der Waals surface area contributed by atoms with Crippen molar-refractivity contribution in [1.82, 2.24) is 9.21 Å². The van der Waals surface area contributed by atoms with Crippen LogP contribution < -0.4 is 0 Å². The molecule has 1 aromatic heterocycles. The molecule has 2 heterocycles. The molecule has 1 aliphatic heterocycles. The molecule has 23 heavy (non-hydrogen) atoms. The lowest BCUT2D eigenvalue weighted by molar-refractivity contribution is 0.205. The van der Waals surface area contributed by atoms with Gasteiger partial charge in [-0.1, -0.05) is 48.6 Å². The van der Waals surface area contributed by atoms with Crippen LogP contribution in [0.15, 0.2) is 58.1 Å². The number of hydrogen-bond acceptors (Lipinski definition) is 4. The van der Waals surface area contributed by atoms with Crippen LogP contribution in [0.3, 0.4) is 0 Å². The summed E-state index contributed by atoms with van der Waals surface area (Å²) < 4.78 is 26.9. The quantitative estimate of drug-likeness (QED) is 0.834. The molecule has 122 valence electrons. The van der Waals surface area contributed by atoms with Crippen LogP contribution in [0.4, 0.5) is 0 Å². The molecule has 1 saturated heterocycles. The molecular weight excluding hydrogens is 328 g/mol.